The zero-order valence-electron chi connectivity index (χ0n) is 25.7. The van der Waals surface area contributed by atoms with E-state index in [9.17, 15) is 0 Å². The number of hydrogen-bond donors (Lipinski definition) is 0. The van der Waals surface area contributed by atoms with E-state index in [0.29, 0.717) is 7.35 Å². The number of hydrogen-bond acceptors (Lipinski definition) is 0. The van der Waals surface area contributed by atoms with Gasteiger partial charge in [-0.1, -0.05) is 0 Å². The molecule has 41 heavy (non-hydrogen) atoms. The number of aryl methyl sites for hydroxylation is 2. The van der Waals surface area contributed by atoms with Gasteiger partial charge in [-0.15, -0.1) is 0 Å². The molecule has 0 spiro atoms. The van der Waals surface area contributed by atoms with Crippen LogP contribution in [0.25, 0.3) is 34.4 Å². The fraction of sp³-hybridized carbons (Fsp3) is 0.282. The summed E-state index contributed by atoms with van der Waals surface area (Å²) in [6.07, 6.45) is 12.4. The van der Waals surface area contributed by atoms with Crippen molar-refractivity contribution in [1.82, 2.24) is 0 Å². The van der Waals surface area contributed by atoms with Gasteiger partial charge in [0.15, 0.2) is 0 Å². The minimum absolute atomic E-state index is 0.571. The van der Waals surface area contributed by atoms with Crippen LogP contribution >= 0.6 is 0 Å². The van der Waals surface area contributed by atoms with Crippen LogP contribution in [0, 0.1) is 0 Å². The van der Waals surface area contributed by atoms with Crippen molar-refractivity contribution in [1.29, 1.82) is 0 Å². The fourth-order valence-corrected chi connectivity index (χ4v) is 52.9. The van der Waals surface area contributed by atoms with Crippen LogP contribution in [-0.4, -0.2) is 5.49 Å². The Hall–Kier alpha value is -2.55. The monoisotopic (exact) mass is 720 g/mol. The molecule has 0 aliphatic heterocycles. The molecular formula is C39H44HfSi. The molecule has 4 aromatic carbocycles. The molecule has 208 valence electrons. The predicted octanol–water partition coefficient (Wildman–Crippen LogP) is 11.4. The third kappa shape index (κ3) is 4.40. The zero-order valence-corrected chi connectivity index (χ0v) is 30.3. The Labute approximate surface area is 248 Å². The van der Waals surface area contributed by atoms with Gasteiger partial charge in [0.25, 0.3) is 0 Å². The fourth-order valence-electron chi connectivity index (χ4n) is 8.16. The van der Waals surface area contributed by atoms with Crippen molar-refractivity contribution in [2.75, 3.05) is 0 Å². The molecule has 6 rings (SSSR count). The molecule has 0 aromatic heterocycles. The van der Waals surface area contributed by atoms with Crippen molar-refractivity contribution in [2.24, 2.45) is 0 Å². The minimum atomic E-state index is -3.74. The standard InChI is InChI=1S/2C17H15.C3H8Si.2CH3.Hf/c2*1-2-13-7-3-4-10-15(13)17-12-6-9-14-8-5-11-16(14)17;1-3-4-2;;;/h2*3-12H,2H2,1H3;3H2,1-2H3;2*1H3;. The van der Waals surface area contributed by atoms with Crippen LogP contribution in [-0.2, 0) is 30.0 Å². The van der Waals surface area contributed by atoms with E-state index >= 15 is 0 Å². The summed E-state index contributed by atoms with van der Waals surface area (Å²) < 4.78 is 6.84. The van der Waals surface area contributed by atoms with E-state index in [-0.39, 0.29) is 0 Å². The van der Waals surface area contributed by atoms with Crippen molar-refractivity contribution >= 4 is 17.6 Å². The van der Waals surface area contributed by atoms with Crippen LogP contribution in [0.4, 0.5) is 0 Å². The Morgan fingerprint density at radius 3 is 1.39 bits per heavy atom. The van der Waals surface area contributed by atoms with Crippen molar-refractivity contribution in [3.05, 3.63) is 130 Å². The molecular weight excluding hydrogens is 675 g/mol. The van der Waals surface area contributed by atoms with Gasteiger partial charge in [-0.3, -0.25) is 0 Å². The molecule has 2 aliphatic rings. The molecule has 0 saturated carbocycles. The van der Waals surface area contributed by atoms with E-state index in [2.05, 4.69) is 146 Å². The third-order valence-corrected chi connectivity index (χ3v) is 70.1. The van der Waals surface area contributed by atoms with Gasteiger partial charge in [0.2, 0.25) is 0 Å². The molecule has 2 unspecified atom stereocenters. The van der Waals surface area contributed by atoms with E-state index < -0.39 is 22.6 Å². The maximum atomic E-state index is 2.85. The van der Waals surface area contributed by atoms with Gasteiger partial charge in [-0.2, -0.15) is 0 Å². The molecule has 0 heterocycles. The van der Waals surface area contributed by atoms with Crippen LogP contribution in [0.1, 0.15) is 61.5 Å². The summed E-state index contributed by atoms with van der Waals surface area (Å²) in [6, 6.07) is 33.7. The molecule has 0 saturated heterocycles. The summed E-state index contributed by atoms with van der Waals surface area (Å²) in [4.78, 5) is 0. The van der Waals surface area contributed by atoms with E-state index in [1.165, 1.54) is 50.6 Å². The van der Waals surface area contributed by atoms with Crippen molar-refractivity contribution < 1.29 is 17.1 Å². The second kappa shape index (κ2) is 10.9. The Bertz CT molecular complexity index is 1660. The van der Waals surface area contributed by atoms with Crippen molar-refractivity contribution in [2.45, 2.75) is 62.9 Å². The molecule has 4 aromatic rings. The Morgan fingerprint density at radius 2 is 0.976 bits per heavy atom. The van der Waals surface area contributed by atoms with Gasteiger partial charge < -0.3 is 0 Å². The van der Waals surface area contributed by atoms with E-state index in [4.69, 9.17) is 0 Å². The number of benzene rings is 4. The topological polar surface area (TPSA) is 0 Å². The molecule has 0 amide bonds. The van der Waals surface area contributed by atoms with Gasteiger partial charge in [0, 0.05) is 0 Å². The summed E-state index contributed by atoms with van der Waals surface area (Å²) in [5, 5.41) is 0. The van der Waals surface area contributed by atoms with Gasteiger partial charge in [0.05, 0.1) is 0 Å². The zero-order chi connectivity index (χ0) is 28.8. The summed E-state index contributed by atoms with van der Waals surface area (Å²) in [5.41, 5.74) is 14.1. The van der Waals surface area contributed by atoms with Crippen LogP contribution < -0.4 is 0 Å². The van der Waals surface area contributed by atoms with Crippen molar-refractivity contribution in [3.63, 3.8) is 0 Å². The first-order chi connectivity index (χ1) is 19.8. The normalized spacial score (nSPS) is 17.5. The number of fused-ring (bicyclic) bond motifs is 2. The molecule has 0 nitrogen and oxygen atoms in total. The summed E-state index contributed by atoms with van der Waals surface area (Å²) >= 11 is -3.74. The SMILES string of the molecule is CCc1ccccc1-c1cccc2c1C=C[CH]2[Hf]([CH3])([CH3])([CH]1C=Cc2c(-c3ccccc3CC)cccc21)=[Si](C)CC. The number of allylic oxidation sites excluding steroid dienone is 2. The van der Waals surface area contributed by atoms with Gasteiger partial charge in [0.1, 0.15) is 0 Å². The predicted molar refractivity (Wildman–Crippen MR) is 180 cm³/mol. The van der Waals surface area contributed by atoms with Crippen LogP contribution in [0.5, 0.6) is 0 Å². The van der Waals surface area contributed by atoms with Crippen molar-refractivity contribution in [3.8, 4) is 22.3 Å². The third-order valence-electron chi connectivity index (χ3n) is 11.0. The van der Waals surface area contributed by atoms with Crippen LogP contribution in [0.3, 0.4) is 0 Å². The summed E-state index contributed by atoms with van der Waals surface area (Å²) in [7, 11) is 0. The molecule has 2 aliphatic carbocycles. The average molecular weight is 719 g/mol. The molecule has 0 fully saturated rings. The number of rotatable bonds is 7. The van der Waals surface area contributed by atoms with E-state index in [0.717, 1.165) is 12.8 Å². The van der Waals surface area contributed by atoms with Gasteiger partial charge in [-0.05, 0) is 0 Å². The molecule has 2 heteroatoms. The van der Waals surface area contributed by atoms with Gasteiger partial charge >= 0.3 is 250 Å². The second-order valence-corrected chi connectivity index (χ2v) is 60.7. The summed E-state index contributed by atoms with van der Waals surface area (Å²) in [6.45, 7) is 9.71. The first-order valence-corrected chi connectivity index (χ1v) is 34.6. The molecule has 0 N–H and O–H groups in total. The van der Waals surface area contributed by atoms with E-state index in [1.807, 2.05) is 0 Å². The summed E-state index contributed by atoms with van der Waals surface area (Å²) in [5.74, 6) is 0. The first kappa shape index (κ1) is 28.6. The van der Waals surface area contributed by atoms with Crippen LogP contribution in [0.15, 0.2) is 97.1 Å². The molecule has 0 bridgehead atoms. The van der Waals surface area contributed by atoms with Gasteiger partial charge in [-0.25, -0.2) is 0 Å². The molecule has 2 atom stereocenters. The maximum absolute atomic E-state index is 3.74. The Balaban J connectivity index is 1.54. The average Bonchev–Trinajstić information content (AvgIpc) is 3.67. The molecule has 0 radical (unpaired) electrons. The Morgan fingerprint density at radius 1 is 0.561 bits per heavy atom. The second-order valence-electron chi connectivity index (χ2n) is 13.1. The quantitative estimate of drug-likeness (QED) is 0.167. The Kier molecular flexibility index (Phi) is 7.62. The van der Waals surface area contributed by atoms with E-state index in [1.54, 1.807) is 11.1 Å². The van der Waals surface area contributed by atoms with Crippen LogP contribution in [0.2, 0.25) is 22.0 Å². The first-order valence-electron chi connectivity index (χ1n) is 15.6.